The van der Waals surface area contributed by atoms with Gasteiger partial charge in [0, 0.05) is 11.1 Å². The summed E-state index contributed by atoms with van der Waals surface area (Å²) in [6.07, 6.45) is 0. The lowest BCUT2D eigenvalue weighted by atomic mass is 10.1. The van der Waals surface area contributed by atoms with E-state index in [1.807, 2.05) is 37.3 Å². The fraction of sp³-hybridized carbons (Fsp3) is 0.100. The monoisotopic (exact) mass is 174 g/mol. The summed E-state index contributed by atoms with van der Waals surface area (Å²) in [6.45, 7) is 1.90. The van der Waals surface area contributed by atoms with Crippen LogP contribution in [0, 0.1) is 6.92 Å². The number of hydrogen-bond acceptors (Lipinski definition) is 3. The van der Waals surface area contributed by atoms with E-state index in [4.69, 9.17) is 10.3 Å². The minimum Gasteiger partial charge on any atom is -0.381 e. The standard InChI is InChI=1S/C10H10N2O/c1-7-9(13-12-10(7)11)8-5-3-2-4-6-8/h2-6H,1H3,(H2,11,12). The van der Waals surface area contributed by atoms with Gasteiger partial charge in [0.05, 0.1) is 0 Å². The lowest BCUT2D eigenvalue weighted by Crippen LogP contribution is -1.86. The number of nitrogen functional groups attached to an aromatic ring is 1. The summed E-state index contributed by atoms with van der Waals surface area (Å²) in [5.41, 5.74) is 7.47. The number of nitrogens with two attached hydrogens (primary N) is 1. The van der Waals surface area contributed by atoms with Crippen molar-refractivity contribution in [2.24, 2.45) is 0 Å². The Morgan fingerprint density at radius 3 is 2.46 bits per heavy atom. The minimum atomic E-state index is 0.457. The van der Waals surface area contributed by atoms with E-state index in [1.54, 1.807) is 0 Å². The minimum absolute atomic E-state index is 0.457. The maximum atomic E-state index is 5.57. The first-order valence-corrected chi connectivity index (χ1v) is 4.06. The van der Waals surface area contributed by atoms with Gasteiger partial charge < -0.3 is 10.3 Å². The largest absolute Gasteiger partial charge is 0.381 e. The summed E-state index contributed by atoms with van der Waals surface area (Å²) in [5.74, 6) is 1.21. The third-order valence-corrected chi connectivity index (χ3v) is 2.00. The molecule has 0 unspecified atom stereocenters. The third-order valence-electron chi connectivity index (χ3n) is 2.00. The van der Waals surface area contributed by atoms with Crippen LogP contribution in [0.3, 0.4) is 0 Å². The first kappa shape index (κ1) is 7.86. The van der Waals surface area contributed by atoms with Crippen molar-refractivity contribution < 1.29 is 4.52 Å². The molecule has 0 bridgehead atoms. The van der Waals surface area contributed by atoms with Crippen LogP contribution in [-0.2, 0) is 0 Å². The molecule has 0 aliphatic carbocycles. The highest BCUT2D eigenvalue weighted by Crippen LogP contribution is 2.25. The van der Waals surface area contributed by atoms with Gasteiger partial charge in [-0.3, -0.25) is 0 Å². The smallest absolute Gasteiger partial charge is 0.171 e. The average Bonchev–Trinajstić information content (AvgIpc) is 2.49. The Morgan fingerprint density at radius 1 is 1.23 bits per heavy atom. The molecule has 0 aliphatic heterocycles. The van der Waals surface area contributed by atoms with Crippen LogP contribution >= 0.6 is 0 Å². The molecule has 2 rings (SSSR count). The Labute approximate surface area is 76.2 Å². The molecule has 1 aromatic carbocycles. The fourth-order valence-electron chi connectivity index (χ4n) is 1.21. The Morgan fingerprint density at radius 2 is 1.92 bits per heavy atom. The fourth-order valence-corrected chi connectivity index (χ4v) is 1.21. The normalized spacial score (nSPS) is 10.2. The maximum absolute atomic E-state index is 5.57. The predicted molar refractivity (Wildman–Crippen MR) is 51.1 cm³/mol. The lowest BCUT2D eigenvalue weighted by molar-refractivity contribution is 0.435. The highest BCUT2D eigenvalue weighted by molar-refractivity contribution is 5.65. The van der Waals surface area contributed by atoms with Crippen molar-refractivity contribution in [1.82, 2.24) is 5.16 Å². The molecule has 0 spiro atoms. The molecule has 2 aromatic rings. The Kier molecular flexibility index (Phi) is 1.77. The van der Waals surface area contributed by atoms with E-state index < -0.39 is 0 Å². The Balaban J connectivity index is 2.53. The number of aromatic nitrogens is 1. The van der Waals surface area contributed by atoms with Crippen molar-refractivity contribution in [2.45, 2.75) is 6.92 Å². The molecule has 0 radical (unpaired) electrons. The quantitative estimate of drug-likeness (QED) is 0.721. The highest BCUT2D eigenvalue weighted by Gasteiger charge is 2.09. The molecule has 13 heavy (non-hydrogen) atoms. The summed E-state index contributed by atoms with van der Waals surface area (Å²) in [7, 11) is 0. The second-order valence-corrected chi connectivity index (χ2v) is 2.89. The molecule has 2 N–H and O–H groups in total. The molecule has 1 aromatic heterocycles. The molecule has 0 amide bonds. The molecule has 3 heteroatoms. The predicted octanol–water partition coefficient (Wildman–Crippen LogP) is 2.23. The second-order valence-electron chi connectivity index (χ2n) is 2.89. The topological polar surface area (TPSA) is 52.0 Å². The maximum Gasteiger partial charge on any atom is 0.171 e. The van der Waals surface area contributed by atoms with Crippen molar-refractivity contribution in [1.29, 1.82) is 0 Å². The van der Waals surface area contributed by atoms with Crippen molar-refractivity contribution in [2.75, 3.05) is 5.73 Å². The van der Waals surface area contributed by atoms with Crippen molar-refractivity contribution >= 4 is 5.82 Å². The highest BCUT2D eigenvalue weighted by atomic mass is 16.5. The van der Waals surface area contributed by atoms with Crippen LogP contribution in [0.2, 0.25) is 0 Å². The van der Waals surface area contributed by atoms with Gasteiger partial charge >= 0.3 is 0 Å². The molecular weight excluding hydrogens is 164 g/mol. The molecule has 1 heterocycles. The van der Waals surface area contributed by atoms with Crippen molar-refractivity contribution in [3.05, 3.63) is 35.9 Å². The van der Waals surface area contributed by atoms with Gasteiger partial charge in [-0.15, -0.1) is 0 Å². The van der Waals surface area contributed by atoms with E-state index in [9.17, 15) is 0 Å². The van der Waals surface area contributed by atoms with Gasteiger partial charge in [-0.2, -0.15) is 0 Å². The van der Waals surface area contributed by atoms with Gasteiger partial charge in [-0.1, -0.05) is 35.5 Å². The Hall–Kier alpha value is -1.77. The van der Waals surface area contributed by atoms with Crippen LogP contribution < -0.4 is 5.73 Å². The van der Waals surface area contributed by atoms with Gasteiger partial charge in [0.25, 0.3) is 0 Å². The van der Waals surface area contributed by atoms with E-state index in [2.05, 4.69) is 5.16 Å². The van der Waals surface area contributed by atoms with Crippen LogP contribution in [0.1, 0.15) is 5.56 Å². The summed E-state index contributed by atoms with van der Waals surface area (Å²) >= 11 is 0. The third kappa shape index (κ3) is 1.28. The summed E-state index contributed by atoms with van der Waals surface area (Å²) in [4.78, 5) is 0. The number of benzene rings is 1. The van der Waals surface area contributed by atoms with E-state index >= 15 is 0 Å². The zero-order valence-corrected chi connectivity index (χ0v) is 7.32. The lowest BCUT2D eigenvalue weighted by Gasteiger charge is -1.95. The summed E-state index contributed by atoms with van der Waals surface area (Å²) in [5, 5.41) is 3.70. The van der Waals surface area contributed by atoms with Crippen LogP contribution in [0.15, 0.2) is 34.9 Å². The van der Waals surface area contributed by atoms with Gasteiger partial charge in [0.1, 0.15) is 0 Å². The van der Waals surface area contributed by atoms with Gasteiger partial charge in [0.2, 0.25) is 0 Å². The number of nitrogens with zero attached hydrogens (tertiary/aromatic N) is 1. The van der Waals surface area contributed by atoms with Gasteiger partial charge in [-0.25, -0.2) is 0 Å². The first-order valence-electron chi connectivity index (χ1n) is 4.06. The summed E-state index contributed by atoms with van der Waals surface area (Å²) in [6, 6.07) is 9.79. The molecule has 0 atom stereocenters. The molecule has 0 fully saturated rings. The van der Waals surface area contributed by atoms with Crippen molar-refractivity contribution in [3.8, 4) is 11.3 Å². The van der Waals surface area contributed by atoms with Crippen LogP contribution in [0.5, 0.6) is 0 Å². The van der Waals surface area contributed by atoms with Crippen LogP contribution in [-0.4, -0.2) is 5.16 Å². The molecule has 0 aliphatic rings. The number of anilines is 1. The molecule has 0 saturated carbocycles. The van der Waals surface area contributed by atoms with E-state index in [1.165, 1.54) is 0 Å². The van der Waals surface area contributed by atoms with E-state index in [-0.39, 0.29) is 0 Å². The zero-order chi connectivity index (χ0) is 9.26. The zero-order valence-electron chi connectivity index (χ0n) is 7.32. The van der Waals surface area contributed by atoms with Crippen molar-refractivity contribution in [3.63, 3.8) is 0 Å². The SMILES string of the molecule is Cc1c(N)noc1-c1ccccc1. The van der Waals surface area contributed by atoms with Gasteiger partial charge in [0.15, 0.2) is 11.6 Å². The molecule has 66 valence electrons. The second kappa shape index (κ2) is 2.94. The van der Waals surface area contributed by atoms with Gasteiger partial charge in [-0.05, 0) is 6.92 Å². The molecule has 0 saturated heterocycles. The van der Waals surface area contributed by atoms with E-state index in [0.29, 0.717) is 5.82 Å². The van der Waals surface area contributed by atoms with E-state index in [0.717, 1.165) is 16.9 Å². The first-order chi connectivity index (χ1) is 6.29. The summed E-state index contributed by atoms with van der Waals surface area (Å²) < 4.78 is 5.11. The van der Waals surface area contributed by atoms with Crippen LogP contribution in [0.25, 0.3) is 11.3 Å². The van der Waals surface area contributed by atoms with Crippen LogP contribution in [0.4, 0.5) is 5.82 Å². The Bertz CT molecular complexity index is 406. The number of rotatable bonds is 1. The molecular formula is C10H10N2O. The average molecular weight is 174 g/mol. The number of hydrogen-bond donors (Lipinski definition) is 1. The molecule has 3 nitrogen and oxygen atoms in total.